The van der Waals surface area contributed by atoms with Crippen molar-refractivity contribution in [2.45, 2.75) is 0 Å². The van der Waals surface area contributed by atoms with E-state index in [2.05, 4.69) is 10.3 Å². The maximum atomic E-state index is 11.5. The van der Waals surface area contributed by atoms with E-state index >= 15 is 0 Å². The summed E-state index contributed by atoms with van der Waals surface area (Å²) >= 11 is 5.99. The van der Waals surface area contributed by atoms with Crippen molar-refractivity contribution in [1.82, 2.24) is 5.43 Å². The van der Waals surface area contributed by atoms with Crippen LogP contribution >= 0.6 is 11.6 Å². The number of rotatable bonds is 2. The molecule has 1 aliphatic rings. The summed E-state index contributed by atoms with van der Waals surface area (Å²) in [6, 6.07) is 5.20. The third kappa shape index (κ3) is 2.88. The summed E-state index contributed by atoms with van der Waals surface area (Å²) in [7, 11) is 0. The number of nitrogens with zero attached hydrogens (tertiary/aromatic N) is 1. The van der Waals surface area contributed by atoms with Gasteiger partial charge >= 0.3 is 0 Å². The van der Waals surface area contributed by atoms with Crippen molar-refractivity contribution in [3.05, 3.63) is 28.8 Å². The molecule has 1 heterocycles. The van der Waals surface area contributed by atoms with Crippen LogP contribution in [0.1, 0.15) is 10.4 Å². The van der Waals surface area contributed by atoms with Crippen LogP contribution in [0.5, 0.6) is 0 Å². The fraction of sp³-hybridized carbons (Fsp3) is 0.364. The minimum Gasteiger partial charge on any atom is -0.378 e. The van der Waals surface area contributed by atoms with Gasteiger partial charge in [-0.05, 0) is 18.2 Å². The number of ether oxygens (including phenoxy) is 1. The van der Waals surface area contributed by atoms with Gasteiger partial charge in [-0.2, -0.15) is 0 Å². The highest BCUT2D eigenvalue weighted by atomic mass is 35.5. The Labute approximate surface area is 104 Å². The summed E-state index contributed by atoms with van der Waals surface area (Å²) in [4.78, 5) is 13.6. The Morgan fingerprint density at radius 1 is 1.35 bits per heavy atom. The number of hydrazine groups is 1. The normalized spacial score (nSPS) is 15.8. The van der Waals surface area contributed by atoms with E-state index in [1.807, 2.05) is 6.07 Å². The van der Waals surface area contributed by atoms with Crippen LogP contribution in [0.3, 0.4) is 0 Å². The molecule has 0 spiro atoms. The van der Waals surface area contributed by atoms with Crippen molar-refractivity contribution < 1.29 is 9.53 Å². The lowest BCUT2D eigenvalue weighted by Gasteiger charge is -2.29. The smallest absolute Gasteiger partial charge is 0.265 e. The largest absolute Gasteiger partial charge is 0.378 e. The van der Waals surface area contributed by atoms with Crippen LogP contribution in [0.4, 0.5) is 5.69 Å². The van der Waals surface area contributed by atoms with Crippen LogP contribution < -0.4 is 16.2 Å². The Morgan fingerprint density at radius 2 is 2.06 bits per heavy atom. The minimum absolute atomic E-state index is 0.345. The van der Waals surface area contributed by atoms with Gasteiger partial charge in [-0.25, -0.2) is 5.84 Å². The quantitative estimate of drug-likeness (QED) is 0.466. The van der Waals surface area contributed by atoms with E-state index < -0.39 is 0 Å². The molecule has 92 valence electrons. The molecule has 6 heteroatoms. The molecule has 0 radical (unpaired) electrons. The number of hydrogen-bond acceptors (Lipinski definition) is 4. The van der Waals surface area contributed by atoms with Gasteiger partial charge in [0.2, 0.25) is 0 Å². The Kier molecular flexibility index (Phi) is 3.83. The molecular weight excluding hydrogens is 242 g/mol. The Hall–Kier alpha value is -1.30. The van der Waals surface area contributed by atoms with Gasteiger partial charge in [0.25, 0.3) is 5.91 Å². The molecule has 1 aliphatic heterocycles. The molecule has 5 nitrogen and oxygen atoms in total. The molecule has 1 fully saturated rings. The average Bonchev–Trinajstić information content (AvgIpc) is 2.38. The number of hydrogen-bond donors (Lipinski definition) is 2. The first kappa shape index (κ1) is 12.2. The zero-order valence-corrected chi connectivity index (χ0v) is 10.0. The lowest BCUT2D eigenvalue weighted by Crippen LogP contribution is -2.36. The number of anilines is 1. The summed E-state index contributed by atoms with van der Waals surface area (Å²) in [5, 5.41) is 0.521. The predicted octanol–water partition coefficient (Wildman–Crippen LogP) is 0.780. The number of amides is 1. The zero-order chi connectivity index (χ0) is 12.3. The van der Waals surface area contributed by atoms with Crippen LogP contribution in [0, 0.1) is 0 Å². The van der Waals surface area contributed by atoms with Crippen LogP contribution in [0.15, 0.2) is 18.2 Å². The van der Waals surface area contributed by atoms with Gasteiger partial charge < -0.3 is 9.64 Å². The molecule has 1 saturated heterocycles. The maximum Gasteiger partial charge on any atom is 0.265 e. The van der Waals surface area contributed by atoms with Gasteiger partial charge in [-0.1, -0.05) is 11.6 Å². The standard InChI is InChI=1S/C11H14ClN3O2/c12-9-5-8(11(16)14-13)6-10(7-9)15-1-3-17-4-2-15/h5-7H,1-4,13H2,(H,14,16). The highest BCUT2D eigenvalue weighted by Gasteiger charge is 2.14. The molecule has 0 unspecified atom stereocenters. The molecule has 0 bridgehead atoms. The van der Waals surface area contributed by atoms with Crippen molar-refractivity contribution >= 4 is 23.2 Å². The number of morpholine rings is 1. The monoisotopic (exact) mass is 255 g/mol. The third-order valence-corrected chi connectivity index (χ3v) is 2.87. The molecule has 1 amide bonds. The second-order valence-corrected chi connectivity index (χ2v) is 4.21. The number of nitrogen functional groups attached to an aromatic ring is 1. The van der Waals surface area contributed by atoms with Crippen molar-refractivity contribution in [2.24, 2.45) is 5.84 Å². The summed E-state index contributed by atoms with van der Waals surface area (Å²) in [6.45, 7) is 2.96. The van der Waals surface area contributed by atoms with Gasteiger partial charge in [0, 0.05) is 29.4 Å². The fourth-order valence-corrected chi connectivity index (χ4v) is 2.02. The number of carbonyl (C=O) groups is 1. The van der Waals surface area contributed by atoms with Crippen molar-refractivity contribution in [3.63, 3.8) is 0 Å². The first-order chi connectivity index (χ1) is 8.20. The number of nitrogens with one attached hydrogen (secondary N) is 1. The van der Waals surface area contributed by atoms with Gasteiger partial charge in [-0.3, -0.25) is 10.2 Å². The van der Waals surface area contributed by atoms with Crippen LogP contribution in [-0.2, 0) is 4.74 Å². The molecule has 1 aromatic carbocycles. The predicted molar refractivity (Wildman–Crippen MR) is 66.1 cm³/mol. The molecule has 3 N–H and O–H groups in total. The molecule has 0 aliphatic carbocycles. The maximum absolute atomic E-state index is 11.5. The Bertz CT molecular complexity index is 419. The van der Waals surface area contributed by atoms with E-state index in [0.717, 1.165) is 18.8 Å². The molecule has 0 atom stereocenters. The van der Waals surface area contributed by atoms with Gasteiger partial charge in [0.15, 0.2) is 0 Å². The van der Waals surface area contributed by atoms with Crippen molar-refractivity contribution in [2.75, 3.05) is 31.2 Å². The Morgan fingerprint density at radius 3 is 2.71 bits per heavy atom. The van der Waals surface area contributed by atoms with E-state index in [4.69, 9.17) is 22.2 Å². The molecule has 2 rings (SSSR count). The highest BCUT2D eigenvalue weighted by Crippen LogP contribution is 2.23. The Balaban J connectivity index is 2.27. The molecule has 0 aromatic heterocycles. The third-order valence-electron chi connectivity index (χ3n) is 2.65. The van der Waals surface area contributed by atoms with E-state index in [0.29, 0.717) is 23.8 Å². The first-order valence-corrected chi connectivity index (χ1v) is 5.73. The fourth-order valence-electron chi connectivity index (χ4n) is 1.79. The van der Waals surface area contributed by atoms with E-state index in [-0.39, 0.29) is 5.91 Å². The van der Waals surface area contributed by atoms with E-state index in [9.17, 15) is 4.79 Å². The lowest BCUT2D eigenvalue weighted by molar-refractivity contribution is 0.0953. The number of halogens is 1. The molecule has 1 aromatic rings. The van der Waals surface area contributed by atoms with Crippen LogP contribution in [-0.4, -0.2) is 32.2 Å². The van der Waals surface area contributed by atoms with E-state index in [1.54, 1.807) is 12.1 Å². The summed E-state index contributed by atoms with van der Waals surface area (Å²) in [5.74, 6) is 4.76. The molecule has 0 saturated carbocycles. The lowest BCUT2D eigenvalue weighted by atomic mass is 10.1. The minimum atomic E-state index is -0.345. The summed E-state index contributed by atoms with van der Waals surface area (Å²) in [6.07, 6.45) is 0. The highest BCUT2D eigenvalue weighted by molar-refractivity contribution is 6.31. The summed E-state index contributed by atoms with van der Waals surface area (Å²) in [5.41, 5.74) is 3.47. The average molecular weight is 256 g/mol. The van der Waals surface area contributed by atoms with Gasteiger partial charge in [-0.15, -0.1) is 0 Å². The number of benzene rings is 1. The van der Waals surface area contributed by atoms with E-state index in [1.165, 1.54) is 0 Å². The topological polar surface area (TPSA) is 67.6 Å². The van der Waals surface area contributed by atoms with Crippen LogP contribution in [0.2, 0.25) is 5.02 Å². The second-order valence-electron chi connectivity index (χ2n) is 3.77. The SMILES string of the molecule is NNC(=O)c1cc(Cl)cc(N2CCOCC2)c1. The van der Waals surface area contributed by atoms with Gasteiger partial charge in [0.05, 0.1) is 13.2 Å². The van der Waals surface area contributed by atoms with Crippen LogP contribution in [0.25, 0.3) is 0 Å². The number of nitrogens with two attached hydrogens (primary N) is 1. The van der Waals surface area contributed by atoms with Gasteiger partial charge in [0.1, 0.15) is 0 Å². The first-order valence-electron chi connectivity index (χ1n) is 5.35. The second kappa shape index (κ2) is 5.35. The van der Waals surface area contributed by atoms with Crippen molar-refractivity contribution in [3.8, 4) is 0 Å². The number of carbonyl (C=O) groups excluding carboxylic acids is 1. The van der Waals surface area contributed by atoms with Crippen molar-refractivity contribution in [1.29, 1.82) is 0 Å². The molecule has 17 heavy (non-hydrogen) atoms. The summed E-state index contributed by atoms with van der Waals surface area (Å²) < 4.78 is 5.28. The zero-order valence-electron chi connectivity index (χ0n) is 9.28. The molecular formula is C11H14ClN3O2.